The van der Waals surface area contributed by atoms with Crippen molar-refractivity contribution in [1.82, 2.24) is 20.0 Å². The van der Waals surface area contributed by atoms with Gasteiger partial charge >= 0.3 is 0 Å². The Morgan fingerprint density at radius 2 is 1.90 bits per heavy atom. The van der Waals surface area contributed by atoms with Gasteiger partial charge in [-0.2, -0.15) is 5.10 Å². The van der Waals surface area contributed by atoms with E-state index >= 15 is 0 Å². The molecule has 5 nitrogen and oxygen atoms in total. The van der Waals surface area contributed by atoms with E-state index in [2.05, 4.69) is 48.3 Å². The Balaban J connectivity index is 1.73. The standard InChI is InChI=1S/C23H27ClN4O/c1-16(2)27(4)15-19-9-6-5-8-18(19)13-25-23(29)22-14-26-28(17(22)3)21-11-7-10-20(24)12-21/h5-12,14,16H,13,15H2,1-4H3,(H,25,29). The van der Waals surface area contributed by atoms with Gasteiger partial charge in [-0.15, -0.1) is 0 Å². The number of hydrogen-bond acceptors (Lipinski definition) is 3. The van der Waals surface area contributed by atoms with E-state index in [0.29, 0.717) is 23.2 Å². The number of halogens is 1. The molecule has 2 aromatic carbocycles. The summed E-state index contributed by atoms with van der Waals surface area (Å²) in [6.07, 6.45) is 1.60. The first-order valence-corrected chi connectivity index (χ1v) is 10.1. The second-order valence-electron chi connectivity index (χ2n) is 7.50. The van der Waals surface area contributed by atoms with Crippen LogP contribution in [0.1, 0.15) is 41.0 Å². The van der Waals surface area contributed by atoms with Crippen molar-refractivity contribution < 1.29 is 4.79 Å². The Kier molecular flexibility index (Phi) is 6.72. The van der Waals surface area contributed by atoms with Crippen LogP contribution in [0.4, 0.5) is 0 Å². The SMILES string of the molecule is Cc1c(C(=O)NCc2ccccc2CN(C)C(C)C)cnn1-c1cccc(Cl)c1. The highest BCUT2D eigenvalue weighted by Crippen LogP contribution is 2.18. The van der Waals surface area contributed by atoms with Crippen LogP contribution in [0.3, 0.4) is 0 Å². The minimum absolute atomic E-state index is 0.136. The van der Waals surface area contributed by atoms with E-state index in [4.69, 9.17) is 11.6 Å². The fourth-order valence-corrected chi connectivity index (χ4v) is 3.29. The van der Waals surface area contributed by atoms with Crippen molar-refractivity contribution >= 4 is 17.5 Å². The molecule has 3 aromatic rings. The highest BCUT2D eigenvalue weighted by Gasteiger charge is 2.16. The fraction of sp³-hybridized carbons (Fsp3) is 0.304. The van der Waals surface area contributed by atoms with Gasteiger partial charge in [0.25, 0.3) is 5.91 Å². The van der Waals surface area contributed by atoms with E-state index in [-0.39, 0.29) is 5.91 Å². The normalized spacial score (nSPS) is 11.3. The summed E-state index contributed by atoms with van der Waals surface area (Å²) in [5.74, 6) is -0.136. The van der Waals surface area contributed by atoms with Gasteiger partial charge in [-0.1, -0.05) is 41.9 Å². The summed E-state index contributed by atoms with van der Waals surface area (Å²) >= 11 is 6.08. The Labute approximate surface area is 177 Å². The van der Waals surface area contributed by atoms with Gasteiger partial charge < -0.3 is 5.32 Å². The maximum Gasteiger partial charge on any atom is 0.255 e. The molecular weight excluding hydrogens is 384 g/mol. The molecule has 0 unspecified atom stereocenters. The summed E-state index contributed by atoms with van der Waals surface area (Å²) < 4.78 is 1.73. The molecule has 1 amide bonds. The van der Waals surface area contributed by atoms with Crippen LogP contribution in [-0.2, 0) is 13.1 Å². The quantitative estimate of drug-likeness (QED) is 0.619. The molecule has 0 atom stereocenters. The average Bonchev–Trinajstić information content (AvgIpc) is 3.08. The summed E-state index contributed by atoms with van der Waals surface area (Å²) in [6.45, 7) is 7.54. The molecule has 0 bridgehead atoms. The average molecular weight is 411 g/mol. The van der Waals surface area contributed by atoms with Crippen molar-refractivity contribution in [2.45, 2.75) is 39.9 Å². The molecule has 0 aliphatic carbocycles. The number of hydrogen-bond donors (Lipinski definition) is 1. The molecule has 0 radical (unpaired) electrons. The third-order valence-corrected chi connectivity index (χ3v) is 5.40. The molecule has 152 valence electrons. The molecule has 0 saturated carbocycles. The fourth-order valence-electron chi connectivity index (χ4n) is 3.11. The number of benzene rings is 2. The smallest absolute Gasteiger partial charge is 0.255 e. The number of nitrogens with one attached hydrogen (secondary N) is 1. The predicted octanol–water partition coefficient (Wildman–Crippen LogP) is 4.60. The van der Waals surface area contributed by atoms with Crippen LogP contribution in [0, 0.1) is 6.92 Å². The highest BCUT2D eigenvalue weighted by atomic mass is 35.5. The third-order valence-electron chi connectivity index (χ3n) is 5.17. The van der Waals surface area contributed by atoms with Crippen molar-refractivity contribution in [3.8, 4) is 5.69 Å². The number of rotatable bonds is 7. The zero-order valence-corrected chi connectivity index (χ0v) is 18.1. The van der Waals surface area contributed by atoms with E-state index in [1.54, 1.807) is 10.9 Å². The Bertz CT molecular complexity index is 996. The van der Waals surface area contributed by atoms with E-state index in [9.17, 15) is 4.79 Å². The number of amides is 1. The zero-order valence-electron chi connectivity index (χ0n) is 17.3. The number of aromatic nitrogens is 2. The summed E-state index contributed by atoms with van der Waals surface area (Å²) in [6, 6.07) is 16.1. The second kappa shape index (κ2) is 9.25. The molecule has 6 heteroatoms. The zero-order chi connectivity index (χ0) is 21.0. The predicted molar refractivity (Wildman–Crippen MR) is 118 cm³/mol. The van der Waals surface area contributed by atoms with E-state index in [0.717, 1.165) is 23.5 Å². The van der Waals surface area contributed by atoms with Crippen LogP contribution in [0.2, 0.25) is 5.02 Å². The lowest BCUT2D eigenvalue weighted by atomic mass is 10.1. The summed E-state index contributed by atoms with van der Waals surface area (Å²) in [5, 5.41) is 8.04. The van der Waals surface area contributed by atoms with Gasteiger partial charge in [0.2, 0.25) is 0 Å². The molecular formula is C23H27ClN4O. The lowest BCUT2D eigenvalue weighted by molar-refractivity contribution is 0.0950. The van der Waals surface area contributed by atoms with Gasteiger partial charge in [0.1, 0.15) is 0 Å². The third kappa shape index (κ3) is 5.05. The first kappa shape index (κ1) is 21.1. The van der Waals surface area contributed by atoms with E-state index in [1.807, 2.05) is 43.3 Å². The highest BCUT2D eigenvalue weighted by molar-refractivity contribution is 6.30. The van der Waals surface area contributed by atoms with Gasteiger partial charge in [0.05, 0.1) is 23.1 Å². The minimum Gasteiger partial charge on any atom is -0.348 e. The van der Waals surface area contributed by atoms with Crippen LogP contribution < -0.4 is 5.32 Å². The summed E-state index contributed by atoms with van der Waals surface area (Å²) in [5.41, 5.74) is 4.50. The molecule has 0 aliphatic heterocycles. The van der Waals surface area contributed by atoms with Gasteiger partial charge in [0, 0.05) is 24.2 Å². The summed E-state index contributed by atoms with van der Waals surface area (Å²) in [4.78, 5) is 15.1. The van der Waals surface area contributed by atoms with Crippen LogP contribution in [0.25, 0.3) is 5.69 Å². The van der Waals surface area contributed by atoms with Crippen LogP contribution in [0.5, 0.6) is 0 Å². The molecule has 0 aliphatic rings. The largest absolute Gasteiger partial charge is 0.348 e. The van der Waals surface area contributed by atoms with E-state index in [1.165, 1.54) is 5.56 Å². The Morgan fingerprint density at radius 1 is 1.17 bits per heavy atom. The van der Waals surface area contributed by atoms with Gasteiger partial charge in [0.15, 0.2) is 0 Å². The Morgan fingerprint density at radius 3 is 2.59 bits per heavy atom. The number of nitrogens with zero attached hydrogens (tertiary/aromatic N) is 3. The first-order valence-electron chi connectivity index (χ1n) is 9.72. The topological polar surface area (TPSA) is 50.2 Å². The molecule has 0 saturated heterocycles. The van der Waals surface area contributed by atoms with Crippen LogP contribution >= 0.6 is 11.6 Å². The molecule has 0 fully saturated rings. The van der Waals surface area contributed by atoms with Crippen molar-refractivity contribution in [2.75, 3.05) is 7.05 Å². The van der Waals surface area contributed by atoms with Crippen molar-refractivity contribution in [2.24, 2.45) is 0 Å². The minimum atomic E-state index is -0.136. The van der Waals surface area contributed by atoms with Crippen LogP contribution in [0.15, 0.2) is 54.7 Å². The summed E-state index contributed by atoms with van der Waals surface area (Å²) in [7, 11) is 2.10. The molecule has 1 aromatic heterocycles. The molecule has 0 spiro atoms. The lowest BCUT2D eigenvalue weighted by Gasteiger charge is -2.22. The Hall–Kier alpha value is -2.63. The molecule has 3 rings (SSSR count). The number of carbonyl (C=O) groups excluding carboxylic acids is 1. The van der Waals surface area contributed by atoms with Crippen LogP contribution in [-0.4, -0.2) is 33.7 Å². The maximum atomic E-state index is 12.8. The van der Waals surface area contributed by atoms with Crippen molar-refractivity contribution in [1.29, 1.82) is 0 Å². The molecule has 29 heavy (non-hydrogen) atoms. The monoisotopic (exact) mass is 410 g/mol. The maximum absolute atomic E-state index is 12.8. The van der Waals surface area contributed by atoms with Crippen molar-refractivity contribution in [3.05, 3.63) is 82.1 Å². The van der Waals surface area contributed by atoms with Gasteiger partial charge in [-0.3, -0.25) is 9.69 Å². The first-order chi connectivity index (χ1) is 13.9. The number of carbonyl (C=O) groups is 1. The molecule has 1 heterocycles. The van der Waals surface area contributed by atoms with Crippen molar-refractivity contribution in [3.63, 3.8) is 0 Å². The van der Waals surface area contributed by atoms with E-state index < -0.39 is 0 Å². The second-order valence-corrected chi connectivity index (χ2v) is 7.93. The van der Waals surface area contributed by atoms with Gasteiger partial charge in [-0.05, 0) is 57.1 Å². The van der Waals surface area contributed by atoms with Gasteiger partial charge in [-0.25, -0.2) is 4.68 Å². The lowest BCUT2D eigenvalue weighted by Crippen LogP contribution is -2.28. The molecule has 1 N–H and O–H groups in total.